The minimum absolute atomic E-state index is 0.00181. The van der Waals surface area contributed by atoms with Gasteiger partial charge in [0.2, 0.25) is 0 Å². The summed E-state index contributed by atoms with van der Waals surface area (Å²) in [5, 5.41) is 8.83. The predicted molar refractivity (Wildman–Crippen MR) is 60.9 cm³/mol. The SMILES string of the molecule is CCCCC(CC(=O)O)c1ccc(F)cc1. The molecule has 1 aromatic carbocycles. The summed E-state index contributed by atoms with van der Waals surface area (Å²) in [7, 11) is 0. The fraction of sp³-hybridized carbons (Fsp3) is 0.462. The molecule has 1 rings (SSSR count). The molecule has 2 nitrogen and oxygen atoms in total. The van der Waals surface area contributed by atoms with Crippen LogP contribution in [0.4, 0.5) is 4.39 Å². The quantitative estimate of drug-likeness (QED) is 0.802. The molecule has 0 saturated carbocycles. The Hall–Kier alpha value is -1.38. The molecule has 0 fully saturated rings. The van der Waals surface area contributed by atoms with E-state index in [1.165, 1.54) is 12.1 Å². The fourth-order valence-electron chi connectivity index (χ4n) is 1.78. The van der Waals surface area contributed by atoms with Crippen molar-refractivity contribution in [1.82, 2.24) is 0 Å². The second kappa shape index (κ2) is 6.26. The molecular weight excluding hydrogens is 207 g/mol. The predicted octanol–water partition coefficient (Wildman–Crippen LogP) is 3.57. The van der Waals surface area contributed by atoms with Crippen LogP contribution in [0.5, 0.6) is 0 Å². The number of halogens is 1. The van der Waals surface area contributed by atoms with E-state index in [1.807, 2.05) is 0 Å². The summed E-state index contributed by atoms with van der Waals surface area (Å²) < 4.78 is 12.7. The van der Waals surface area contributed by atoms with E-state index in [0.29, 0.717) is 0 Å². The zero-order valence-corrected chi connectivity index (χ0v) is 9.45. The van der Waals surface area contributed by atoms with Crippen LogP contribution in [0.15, 0.2) is 24.3 Å². The molecule has 0 aliphatic rings. The number of unbranched alkanes of at least 4 members (excludes halogenated alkanes) is 1. The highest BCUT2D eigenvalue weighted by Gasteiger charge is 2.14. The highest BCUT2D eigenvalue weighted by atomic mass is 19.1. The van der Waals surface area contributed by atoms with E-state index < -0.39 is 5.97 Å². The van der Waals surface area contributed by atoms with E-state index in [0.717, 1.165) is 24.8 Å². The Bertz CT molecular complexity index is 332. The zero-order chi connectivity index (χ0) is 12.0. The van der Waals surface area contributed by atoms with Gasteiger partial charge in [-0.15, -0.1) is 0 Å². The van der Waals surface area contributed by atoms with Crippen LogP contribution in [-0.4, -0.2) is 11.1 Å². The van der Waals surface area contributed by atoms with Gasteiger partial charge in [0, 0.05) is 0 Å². The lowest BCUT2D eigenvalue weighted by Gasteiger charge is -2.14. The number of carbonyl (C=O) groups is 1. The number of hydrogen-bond donors (Lipinski definition) is 1. The molecule has 0 amide bonds. The molecule has 0 bridgehead atoms. The minimum atomic E-state index is -0.801. The maximum absolute atomic E-state index is 12.7. The van der Waals surface area contributed by atoms with Crippen LogP contribution >= 0.6 is 0 Å². The molecule has 0 aliphatic carbocycles. The Morgan fingerprint density at radius 3 is 2.50 bits per heavy atom. The van der Waals surface area contributed by atoms with Crippen LogP contribution in [0, 0.1) is 5.82 Å². The first-order chi connectivity index (χ1) is 7.63. The molecule has 0 heterocycles. The first-order valence-electron chi connectivity index (χ1n) is 5.60. The third-order valence-electron chi connectivity index (χ3n) is 2.67. The first kappa shape index (κ1) is 12.7. The molecule has 3 heteroatoms. The standard InChI is InChI=1S/C13H17FO2/c1-2-3-4-11(9-13(15)16)10-5-7-12(14)8-6-10/h5-8,11H,2-4,9H2,1H3,(H,15,16). The lowest BCUT2D eigenvalue weighted by Crippen LogP contribution is -2.06. The summed E-state index contributed by atoms with van der Waals surface area (Å²) in [4.78, 5) is 10.7. The summed E-state index contributed by atoms with van der Waals surface area (Å²) >= 11 is 0. The van der Waals surface area contributed by atoms with Crippen molar-refractivity contribution in [1.29, 1.82) is 0 Å². The van der Waals surface area contributed by atoms with Crippen LogP contribution in [0.3, 0.4) is 0 Å². The molecule has 1 N–H and O–H groups in total. The van der Waals surface area contributed by atoms with Gasteiger partial charge in [-0.1, -0.05) is 31.9 Å². The van der Waals surface area contributed by atoms with E-state index in [1.54, 1.807) is 12.1 Å². The summed E-state index contributed by atoms with van der Waals surface area (Å²) in [6, 6.07) is 6.13. The maximum atomic E-state index is 12.7. The number of aliphatic carboxylic acids is 1. The molecule has 0 spiro atoms. The van der Waals surface area contributed by atoms with Gasteiger partial charge in [0.15, 0.2) is 0 Å². The largest absolute Gasteiger partial charge is 0.481 e. The molecule has 1 unspecified atom stereocenters. The molecule has 88 valence electrons. The maximum Gasteiger partial charge on any atom is 0.303 e. The van der Waals surface area contributed by atoms with E-state index in [-0.39, 0.29) is 18.2 Å². The molecule has 0 aromatic heterocycles. The lowest BCUT2D eigenvalue weighted by molar-refractivity contribution is -0.137. The number of rotatable bonds is 6. The van der Waals surface area contributed by atoms with Crippen LogP contribution in [-0.2, 0) is 4.79 Å². The molecule has 0 saturated heterocycles. The van der Waals surface area contributed by atoms with Gasteiger partial charge in [0.25, 0.3) is 0 Å². The fourth-order valence-corrected chi connectivity index (χ4v) is 1.78. The van der Waals surface area contributed by atoms with Crippen molar-refractivity contribution in [2.24, 2.45) is 0 Å². The Kier molecular flexibility index (Phi) is 4.96. The highest BCUT2D eigenvalue weighted by Crippen LogP contribution is 2.25. The van der Waals surface area contributed by atoms with Gasteiger partial charge in [0.1, 0.15) is 5.82 Å². The van der Waals surface area contributed by atoms with Gasteiger partial charge >= 0.3 is 5.97 Å². The topological polar surface area (TPSA) is 37.3 Å². The van der Waals surface area contributed by atoms with E-state index in [9.17, 15) is 9.18 Å². The number of carboxylic acids is 1. The third-order valence-corrected chi connectivity index (χ3v) is 2.67. The van der Waals surface area contributed by atoms with Gasteiger partial charge in [-0.25, -0.2) is 4.39 Å². The Labute approximate surface area is 95.1 Å². The van der Waals surface area contributed by atoms with Gasteiger partial charge < -0.3 is 5.11 Å². The van der Waals surface area contributed by atoms with Gasteiger partial charge in [0.05, 0.1) is 6.42 Å². The van der Waals surface area contributed by atoms with Gasteiger partial charge in [-0.2, -0.15) is 0 Å². The van der Waals surface area contributed by atoms with Crippen molar-refractivity contribution < 1.29 is 14.3 Å². The summed E-state index contributed by atoms with van der Waals surface area (Å²) in [6.45, 7) is 2.07. The zero-order valence-electron chi connectivity index (χ0n) is 9.45. The average molecular weight is 224 g/mol. The van der Waals surface area contributed by atoms with Crippen molar-refractivity contribution in [3.05, 3.63) is 35.6 Å². The van der Waals surface area contributed by atoms with Crippen molar-refractivity contribution in [3.63, 3.8) is 0 Å². The summed E-state index contributed by atoms with van der Waals surface area (Å²) in [5.74, 6) is -1.09. The third kappa shape index (κ3) is 4.01. The summed E-state index contributed by atoms with van der Waals surface area (Å²) in [6.07, 6.45) is 2.99. The second-order valence-electron chi connectivity index (χ2n) is 3.99. The van der Waals surface area contributed by atoms with Crippen LogP contribution in [0.1, 0.15) is 44.1 Å². The van der Waals surface area contributed by atoms with E-state index in [2.05, 4.69) is 6.92 Å². The lowest BCUT2D eigenvalue weighted by atomic mass is 9.91. The van der Waals surface area contributed by atoms with Crippen molar-refractivity contribution in [2.45, 2.75) is 38.5 Å². The average Bonchev–Trinajstić information content (AvgIpc) is 2.25. The van der Waals surface area contributed by atoms with E-state index in [4.69, 9.17) is 5.11 Å². The van der Waals surface area contributed by atoms with Crippen LogP contribution in [0.2, 0.25) is 0 Å². The second-order valence-corrected chi connectivity index (χ2v) is 3.99. The molecule has 0 aliphatic heterocycles. The molecule has 0 radical (unpaired) electrons. The van der Waals surface area contributed by atoms with Gasteiger partial charge in [-0.05, 0) is 30.0 Å². The molecule has 1 atom stereocenters. The normalized spacial score (nSPS) is 12.4. The van der Waals surface area contributed by atoms with Gasteiger partial charge in [-0.3, -0.25) is 4.79 Å². The number of benzene rings is 1. The molecule has 1 aromatic rings. The number of hydrogen-bond acceptors (Lipinski definition) is 1. The van der Waals surface area contributed by atoms with E-state index >= 15 is 0 Å². The first-order valence-corrected chi connectivity index (χ1v) is 5.60. The Morgan fingerprint density at radius 1 is 1.38 bits per heavy atom. The Morgan fingerprint density at radius 2 is 2.00 bits per heavy atom. The van der Waals surface area contributed by atoms with Crippen LogP contribution in [0.25, 0.3) is 0 Å². The Balaban J connectivity index is 2.74. The van der Waals surface area contributed by atoms with Crippen LogP contribution < -0.4 is 0 Å². The minimum Gasteiger partial charge on any atom is -0.481 e. The smallest absolute Gasteiger partial charge is 0.303 e. The highest BCUT2D eigenvalue weighted by molar-refractivity contribution is 5.68. The summed E-state index contributed by atoms with van der Waals surface area (Å²) in [5.41, 5.74) is 0.914. The molecular formula is C13H17FO2. The molecule has 16 heavy (non-hydrogen) atoms. The number of carboxylic acid groups (broad SMARTS) is 1. The van der Waals surface area contributed by atoms with Crippen molar-refractivity contribution in [2.75, 3.05) is 0 Å². The monoisotopic (exact) mass is 224 g/mol. The van der Waals surface area contributed by atoms with Crippen molar-refractivity contribution >= 4 is 5.97 Å². The van der Waals surface area contributed by atoms with Crippen molar-refractivity contribution in [3.8, 4) is 0 Å².